The predicted molar refractivity (Wildman–Crippen MR) is 118 cm³/mol. The first-order valence-electron chi connectivity index (χ1n) is 12.8. The topological polar surface area (TPSA) is 60.4 Å². The van der Waals surface area contributed by atoms with Crippen molar-refractivity contribution < 1.29 is 19.1 Å². The number of hydrogen-bond donors (Lipinski definition) is 0. The van der Waals surface area contributed by atoms with E-state index in [2.05, 4.69) is 13.8 Å². The quantitative estimate of drug-likeness (QED) is 0.551. The maximum atomic E-state index is 13.1. The van der Waals surface area contributed by atoms with Crippen LogP contribution < -0.4 is 0 Å². The highest BCUT2D eigenvalue weighted by molar-refractivity contribution is 6.05. The van der Waals surface area contributed by atoms with Gasteiger partial charge in [0.1, 0.15) is 6.10 Å². The highest BCUT2D eigenvalue weighted by Gasteiger charge is 2.61. The van der Waals surface area contributed by atoms with Crippen molar-refractivity contribution >= 4 is 17.5 Å². The molecule has 4 fully saturated rings. The molecule has 0 saturated heterocycles. The van der Waals surface area contributed by atoms with E-state index in [4.69, 9.17) is 4.74 Å². The number of allylic oxidation sites excluding steroid dienone is 1. The summed E-state index contributed by atoms with van der Waals surface area (Å²) in [5, 5.41) is 0. The average molecular weight is 427 g/mol. The zero-order valence-electron chi connectivity index (χ0n) is 19.3. The van der Waals surface area contributed by atoms with Gasteiger partial charge in [0.15, 0.2) is 11.6 Å². The predicted octanol–water partition coefficient (Wildman–Crippen LogP) is 5.58. The van der Waals surface area contributed by atoms with Gasteiger partial charge in [-0.15, -0.1) is 0 Å². The molecule has 31 heavy (non-hydrogen) atoms. The number of rotatable bonds is 4. The molecule has 4 nitrogen and oxygen atoms in total. The first-order valence-corrected chi connectivity index (χ1v) is 12.8. The third-order valence-electron chi connectivity index (χ3n) is 10.2. The minimum atomic E-state index is -0.148. The standard InChI is InChI=1S/C27H38O4/c1-26-13-11-18(28)15-22(26)23(29)16-19-20-8-9-24(27(20,2)14-12-21(19)26)31-25(30)10-7-17-5-3-4-6-17/h15,17,19-21,24H,3-14,16H2,1-2H3/t19-,20-,21-,24-,26+,27-/m0/s1. The Morgan fingerprint density at radius 3 is 2.58 bits per heavy atom. The van der Waals surface area contributed by atoms with Crippen LogP contribution in [-0.2, 0) is 19.1 Å². The second-order valence-electron chi connectivity index (χ2n) is 11.7. The summed E-state index contributed by atoms with van der Waals surface area (Å²) in [5.74, 6) is 2.29. The van der Waals surface area contributed by atoms with Gasteiger partial charge in [-0.05, 0) is 73.7 Å². The second kappa shape index (κ2) is 7.85. The zero-order chi connectivity index (χ0) is 21.8. The Morgan fingerprint density at radius 2 is 1.81 bits per heavy atom. The van der Waals surface area contributed by atoms with Crippen LogP contribution in [0.3, 0.4) is 0 Å². The number of esters is 1. The van der Waals surface area contributed by atoms with Crippen LogP contribution in [0.2, 0.25) is 0 Å². The van der Waals surface area contributed by atoms with Crippen LogP contribution in [0.4, 0.5) is 0 Å². The van der Waals surface area contributed by atoms with Crippen LogP contribution in [0.25, 0.3) is 0 Å². The summed E-state index contributed by atoms with van der Waals surface area (Å²) in [5.41, 5.74) is 0.652. The zero-order valence-corrected chi connectivity index (χ0v) is 19.3. The van der Waals surface area contributed by atoms with Gasteiger partial charge in [-0.2, -0.15) is 0 Å². The van der Waals surface area contributed by atoms with Gasteiger partial charge in [-0.25, -0.2) is 0 Å². The van der Waals surface area contributed by atoms with Crippen molar-refractivity contribution in [1.29, 1.82) is 0 Å². The molecule has 5 rings (SSSR count). The Bertz CT molecular complexity index is 806. The third kappa shape index (κ3) is 3.53. The van der Waals surface area contributed by atoms with E-state index in [0.717, 1.165) is 44.1 Å². The van der Waals surface area contributed by atoms with E-state index in [-0.39, 0.29) is 34.5 Å². The summed E-state index contributed by atoms with van der Waals surface area (Å²) in [6, 6.07) is 0. The molecule has 0 N–H and O–H groups in total. The van der Waals surface area contributed by atoms with E-state index < -0.39 is 0 Å². The Morgan fingerprint density at radius 1 is 1.03 bits per heavy atom. The number of ketones is 2. The lowest BCUT2D eigenvalue weighted by Crippen LogP contribution is -2.53. The molecule has 0 aromatic carbocycles. The molecule has 0 spiro atoms. The lowest BCUT2D eigenvalue weighted by Gasteiger charge is -2.57. The third-order valence-corrected chi connectivity index (χ3v) is 10.2. The van der Waals surface area contributed by atoms with E-state index >= 15 is 0 Å². The lowest BCUT2D eigenvalue weighted by atomic mass is 9.47. The molecule has 0 amide bonds. The molecular weight excluding hydrogens is 388 g/mol. The summed E-state index contributed by atoms with van der Waals surface area (Å²) in [6.07, 6.45) is 14.5. The van der Waals surface area contributed by atoms with Crippen LogP contribution >= 0.6 is 0 Å². The summed E-state index contributed by atoms with van der Waals surface area (Å²) in [6.45, 7) is 4.55. The van der Waals surface area contributed by atoms with Gasteiger partial charge in [0, 0.05) is 30.3 Å². The van der Waals surface area contributed by atoms with Crippen LogP contribution in [0.5, 0.6) is 0 Å². The molecular formula is C27H38O4. The first kappa shape index (κ1) is 21.4. The van der Waals surface area contributed by atoms with E-state index in [9.17, 15) is 14.4 Å². The van der Waals surface area contributed by atoms with Crippen molar-refractivity contribution in [3.05, 3.63) is 11.6 Å². The smallest absolute Gasteiger partial charge is 0.306 e. The van der Waals surface area contributed by atoms with Crippen LogP contribution in [0, 0.1) is 34.5 Å². The summed E-state index contributed by atoms with van der Waals surface area (Å²) in [7, 11) is 0. The molecule has 0 aromatic rings. The fourth-order valence-electron chi connectivity index (χ4n) is 8.37. The van der Waals surface area contributed by atoms with Crippen molar-refractivity contribution in [3.8, 4) is 0 Å². The molecule has 4 heteroatoms. The number of ether oxygens (including phenoxy) is 1. The molecule has 170 valence electrons. The SMILES string of the molecule is C[C@]12CC[C@H]3[C@@H](CC(=O)C4=CC(=O)CC[C@@]43C)[C@@H]1CC[C@@H]2OC(=O)CCC1CCCC1. The van der Waals surface area contributed by atoms with Crippen molar-refractivity contribution in [2.45, 2.75) is 103 Å². The first-order chi connectivity index (χ1) is 14.8. The lowest BCUT2D eigenvalue weighted by molar-refractivity contribution is -0.161. The van der Waals surface area contributed by atoms with Gasteiger partial charge in [-0.3, -0.25) is 14.4 Å². The minimum Gasteiger partial charge on any atom is -0.462 e. The highest BCUT2D eigenvalue weighted by Crippen LogP contribution is 2.65. The second-order valence-corrected chi connectivity index (χ2v) is 11.7. The Hall–Kier alpha value is -1.45. The number of Topliss-reactive ketones (excluding diaryl/α,β-unsaturated/α-hetero) is 1. The molecule has 0 aromatic heterocycles. The van der Waals surface area contributed by atoms with E-state index in [0.29, 0.717) is 42.9 Å². The molecule has 0 unspecified atom stereocenters. The molecule has 6 atom stereocenters. The Balaban J connectivity index is 1.29. The maximum absolute atomic E-state index is 13.1. The summed E-state index contributed by atoms with van der Waals surface area (Å²) < 4.78 is 6.12. The molecule has 5 aliphatic carbocycles. The van der Waals surface area contributed by atoms with Gasteiger partial charge in [-0.1, -0.05) is 39.5 Å². The van der Waals surface area contributed by atoms with Gasteiger partial charge in [0.2, 0.25) is 0 Å². The van der Waals surface area contributed by atoms with Crippen molar-refractivity contribution in [2.24, 2.45) is 34.5 Å². The Kier molecular flexibility index (Phi) is 5.42. The van der Waals surface area contributed by atoms with Gasteiger partial charge in [0.25, 0.3) is 0 Å². The van der Waals surface area contributed by atoms with Crippen molar-refractivity contribution in [3.63, 3.8) is 0 Å². The van der Waals surface area contributed by atoms with Crippen LogP contribution in [-0.4, -0.2) is 23.6 Å². The van der Waals surface area contributed by atoms with Crippen molar-refractivity contribution in [2.75, 3.05) is 0 Å². The molecule has 5 aliphatic rings. The molecule has 0 radical (unpaired) electrons. The molecule has 4 saturated carbocycles. The maximum Gasteiger partial charge on any atom is 0.306 e. The normalized spacial score (nSPS) is 42.6. The molecule has 0 aliphatic heterocycles. The largest absolute Gasteiger partial charge is 0.462 e. The monoisotopic (exact) mass is 426 g/mol. The fraction of sp³-hybridized carbons (Fsp3) is 0.815. The molecule has 0 heterocycles. The van der Waals surface area contributed by atoms with E-state index in [1.807, 2.05) is 0 Å². The van der Waals surface area contributed by atoms with E-state index in [1.54, 1.807) is 6.08 Å². The number of carbonyl (C=O) groups is 3. The number of hydrogen-bond acceptors (Lipinski definition) is 4. The Labute approximate surface area is 186 Å². The average Bonchev–Trinajstić information content (AvgIpc) is 3.36. The van der Waals surface area contributed by atoms with Gasteiger partial charge in [0.05, 0.1) is 0 Å². The van der Waals surface area contributed by atoms with Gasteiger partial charge < -0.3 is 4.74 Å². The van der Waals surface area contributed by atoms with Gasteiger partial charge >= 0.3 is 5.97 Å². The van der Waals surface area contributed by atoms with Crippen LogP contribution in [0.15, 0.2) is 11.6 Å². The highest BCUT2D eigenvalue weighted by atomic mass is 16.5. The summed E-state index contributed by atoms with van der Waals surface area (Å²) >= 11 is 0. The fourth-order valence-corrected chi connectivity index (χ4v) is 8.37. The molecule has 0 bridgehead atoms. The minimum absolute atomic E-state index is 0.00214. The van der Waals surface area contributed by atoms with Crippen LogP contribution in [0.1, 0.15) is 97.3 Å². The van der Waals surface area contributed by atoms with Crippen molar-refractivity contribution in [1.82, 2.24) is 0 Å². The number of carbonyl (C=O) groups excluding carboxylic acids is 3. The summed E-state index contributed by atoms with van der Waals surface area (Å²) in [4.78, 5) is 37.8. The van der Waals surface area contributed by atoms with E-state index in [1.165, 1.54) is 25.7 Å². The number of fused-ring (bicyclic) bond motifs is 5.